The molecule has 34 heavy (non-hydrogen) atoms. The summed E-state index contributed by atoms with van der Waals surface area (Å²) in [6.07, 6.45) is 7.78. The summed E-state index contributed by atoms with van der Waals surface area (Å²) in [6, 6.07) is 14.2. The van der Waals surface area contributed by atoms with Gasteiger partial charge >= 0.3 is 0 Å². The van der Waals surface area contributed by atoms with Crippen LogP contribution in [0, 0.1) is 17.1 Å². The van der Waals surface area contributed by atoms with E-state index in [4.69, 9.17) is 10.5 Å². The van der Waals surface area contributed by atoms with Crippen LogP contribution in [0.4, 0.5) is 10.1 Å². The van der Waals surface area contributed by atoms with E-state index in [9.17, 15) is 9.65 Å². The molecule has 3 saturated heterocycles. The lowest BCUT2D eigenvalue weighted by Gasteiger charge is -2.40. The molecule has 2 atom stereocenters. The number of rotatable bonds is 4. The largest absolute Gasteiger partial charge is 0.375 e. The fourth-order valence-corrected chi connectivity index (χ4v) is 6.80. The van der Waals surface area contributed by atoms with Gasteiger partial charge in [-0.1, -0.05) is 12.1 Å². The Kier molecular flexibility index (Phi) is 5.40. The number of hydrogen-bond acceptors (Lipinski definition) is 5. The third kappa shape index (κ3) is 3.90. The molecule has 4 fully saturated rings. The second kappa shape index (κ2) is 8.34. The van der Waals surface area contributed by atoms with Crippen molar-refractivity contribution in [2.24, 2.45) is 5.73 Å². The minimum atomic E-state index is -0.463. The number of likely N-dealkylation sites (tertiary alicyclic amines) is 1. The maximum Gasteiger partial charge on any atom is 0.141 e. The van der Waals surface area contributed by atoms with E-state index in [0.29, 0.717) is 6.04 Å². The van der Waals surface area contributed by atoms with E-state index in [0.717, 1.165) is 88.1 Å². The van der Waals surface area contributed by atoms with Gasteiger partial charge < -0.3 is 15.4 Å². The predicted molar refractivity (Wildman–Crippen MR) is 131 cm³/mol. The Bertz CT molecular complexity index is 1130. The number of fused-ring (bicyclic) bond motifs is 2. The second-order valence-corrected chi connectivity index (χ2v) is 10.9. The summed E-state index contributed by atoms with van der Waals surface area (Å²) in [5.74, 6) is -0.463. The van der Waals surface area contributed by atoms with Gasteiger partial charge in [-0.2, -0.15) is 5.26 Å². The monoisotopic (exact) mass is 460 g/mol. The Balaban J connectivity index is 1.31. The van der Waals surface area contributed by atoms with E-state index in [1.807, 2.05) is 12.1 Å². The normalized spacial score (nSPS) is 28.0. The first kappa shape index (κ1) is 22.0. The minimum absolute atomic E-state index is 0.0181. The summed E-state index contributed by atoms with van der Waals surface area (Å²) in [5, 5.41) is 9.19. The molecule has 0 aromatic heterocycles. The van der Waals surface area contributed by atoms with Crippen molar-refractivity contribution in [2.75, 3.05) is 31.1 Å². The van der Waals surface area contributed by atoms with E-state index in [1.54, 1.807) is 6.07 Å². The third-order valence-corrected chi connectivity index (χ3v) is 8.70. The lowest BCUT2D eigenvalue weighted by atomic mass is 9.88. The number of anilines is 1. The van der Waals surface area contributed by atoms with E-state index in [1.165, 1.54) is 18.1 Å². The molecule has 2 N–H and O–H groups in total. The Hall–Kier alpha value is -2.46. The predicted octanol–water partition coefficient (Wildman–Crippen LogP) is 4.58. The molecule has 1 spiro atoms. The fourth-order valence-electron chi connectivity index (χ4n) is 6.80. The topological polar surface area (TPSA) is 65.5 Å². The highest BCUT2D eigenvalue weighted by atomic mass is 19.1. The summed E-state index contributed by atoms with van der Waals surface area (Å²) in [5.41, 5.74) is 10.9. The van der Waals surface area contributed by atoms with Crippen LogP contribution in [-0.2, 0) is 11.3 Å². The van der Waals surface area contributed by atoms with Gasteiger partial charge in [0.2, 0.25) is 0 Å². The molecular formula is C28H33FN4O. The highest BCUT2D eigenvalue weighted by Gasteiger charge is 2.46. The Morgan fingerprint density at radius 2 is 1.97 bits per heavy atom. The number of piperidine rings is 2. The summed E-state index contributed by atoms with van der Waals surface area (Å²) in [4.78, 5) is 4.94. The van der Waals surface area contributed by atoms with Gasteiger partial charge in [0.25, 0.3) is 0 Å². The lowest BCUT2D eigenvalue weighted by Crippen LogP contribution is -2.44. The first-order chi connectivity index (χ1) is 16.5. The number of benzene rings is 2. The summed E-state index contributed by atoms with van der Waals surface area (Å²) < 4.78 is 20.7. The molecule has 6 rings (SSSR count). The van der Waals surface area contributed by atoms with Crippen LogP contribution in [0.2, 0.25) is 0 Å². The summed E-state index contributed by atoms with van der Waals surface area (Å²) in [6.45, 7) is 4.58. The number of halogens is 1. The molecule has 3 aliphatic heterocycles. The number of nitrogens with two attached hydrogens (primary N) is 1. The quantitative estimate of drug-likeness (QED) is 0.724. The van der Waals surface area contributed by atoms with Crippen molar-refractivity contribution in [3.63, 3.8) is 0 Å². The smallest absolute Gasteiger partial charge is 0.141 e. The minimum Gasteiger partial charge on any atom is -0.375 e. The van der Waals surface area contributed by atoms with E-state index in [2.05, 4.69) is 28.0 Å². The van der Waals surface area contributed by atoms with Crippen LogP contribution in [0.25, 0.3) is 11.1 Å². The van der Waals surface area contributed by atoms with Crippen molar-refractivity contribution in [1.29, 1.82) is 5.26 Å². The Morgan fingerprint density at radius 1 is 1.12 bits per heavy atom. The Morgan fingerprint density at radius 3 is 2.62 bits per heavy atom. The maximum absolute atomic E-state index is 14.6. The molecule has 178 valence electrons. The van der Waals surface area contributed by atoms with Gasteiger partial charge in [-0.15, -0.1) is 0 Å². The molecule has 0 unspecified atom stereocenters. The van der Waals surface area contributed by atoms with Crippen LogP contribution in [0.1, 0.15) is 56.1 Å². The molecule has 2 aromatic carbocycles. The molecule has 3 heterocycles. The molecule has 2 aromatic rings. The number of nitriles is 1. The van der Waals surface area contributed by atoms with Crippen molar-refractivity contribution >= 4 is 5.69 Å². The van der Waals surface area contributed by atoms with E-state index >= 15 is 0 Å². The summed E-state index contributed by atoms with van der Waals surface area (Å²) in [7, 11) is 0. The first-order valence-electron chi connectivity index (χ1n) is 12.7. The molecule has 4 aliphatic rings. The van der Waals surface area contributed by atoms with Crippen LogP contribution in [-0.4, -0.2) is 48.3 Å². The van der Waals surface area contributed by atoms with Crippen LogP contribution in [0.3, 0.4) is 0 Å². The van der Waals surface area contributed by atoms with Crippen molar-refractivity contribution < 1.29 is 9.13 Å². The molecule has 0 amide bonds. The summed E-state index contributed by atoms with van der Waals surface area (Å²) >= 11 is 0. The fraction of sp³-hybridized carbons (Fsp3) is 0.536. The van der Waals surface area contributed by atoms with Gasteiger partial charge in [-0.05, 0) is 80.3 Å². The molecule has 1 aliphatic carbocycles. The van der Waals surface area contributed by atoms with Crippen LogP contribution in [0.5, 0.6) is 0 Å². The van der Waals surface area contributed by atoms with Crippen LogP contribution < -0.4 is 10.6 Å². The zero-order valence-electron chi connectivity index (χ0n) is 19.7. The maximum atomic E-state index is 14.6. The molecule has 1 saturated carbocycles. The van der Waals surface area contributed by atoms with Crippen LogP contribution in [0.15, 0.2) is 36.4 Å². The lowest BCUT2D eigenvalue weighted by molar-refractivity contribution is -0.0146. The molecular weight excluding hydrogens is 427 g/mol. The zero-order valence-corrected chi connectivity index (χ0v) is 19.7. The molecule has 0 radical (unpaired) electrons. The highest BCUT2D eigenvalue weighted by molar-refractivity contribution is 5.80. The SMILES string of the molecule is N#Cc1ccc(-c2cc(CN3C[C@]4(N)CC[C@H]3C4)ccc2N2CCC3(CCCO3)CC2)cc1F. The highest BCUT2D eigenvalue weighted by Crippen LogP contribution is 2.42. The van der Waals surface area contributed by atoms with Crippen LogP contribution >= 0.6 is 0 Å². The van der Waals surface area contributed by atoms with E-state index < -0.39 is 5.82 Å². The number of nitrogens with zero attached hydrogens (tertiary/aromatic N) is 3. The van der Waals surface area contributed by atoms with Crippen molar-refractivity contribution in [2.45, 2.75) is 68.7 Å². The number of hydrogen-bond donors (Lipinski definition) is 1. The van der Waals surface area contributed by atoms with Gasteiger partial charge in [0, 0.05) is 55.6 Å². The molecule has 2 bridgehead atoms. The van der Waals surface area contributed by atoms with Gasteiger partial charge in [-0.3, -0.25) is 4.90 Å². The van der Waals surface area contributed by atoms with Crippen molar-refractivity contribution in [3.8, 4) is 17.2 Å². The molecule has 5 nitrogen and oxygen atoms in total. The standard InChI is InChI=1S/C28H33FN4O/c29-25-15-21(3-4-22(25)17-30)24-14-20(18-33-19-27(31)8-6-23(33)16-27)2-5-26(24)32-11-9-28(10-12-32)7-1-13-34-28/h2-5,14-15,23H,1,6-13,16,18-19,31H2/t23-,27-/m0/s1. The Labute approximate surface area is 201 Å². The van der Waals surface area contributed by atoms with E-state index in [-0.39, 0.29) is 16.7 Å². The van der Waals surface area contributed by atoms with Gasteiger partial charge in [0.1, 0.15) is 11.9 Å². The van der Waals surface area contributed by atoms with Crippen molar-refractivity contribution in [3.05, 3.63) is 53.3 Å². The van der Waals surface area contributed by atoms with Crippen molar-refractivity contribution in [1.82, 2.24) is 4.90 Å². The third-order valence-electron chi connectivity index (χ3n) is 8.70. The van der Waals surface area contributed by atoms with Gasteiger partial charge in [-0.25, -0.2) is 4.39 Å². The first-order valence-corrected chi connectivity index (χ1v) is 12.7. The second-order valence-electron chi connectivity index (χ2n) is 10.9. The average Bonchev–Trinajstić information content (AvgIpc) is 3.54. The molecule has 6 heteroatoms. The van der Waals surface area contributed by atoms with Gasteiger partial charge in [0.05, 0.1) is 11.2 Å². The average molecular weight is 461 g/mol. The van der Waals surface area contributed by atoms with Gasteiger partial charge in [0.15, 0.2) is 0 Å². The zero-order chi connectivity index (χ0) is 23.3. The number of ether oxygens (including phenoxy) is 1.